The van der Waals surface area contributed by atoms with Gasteiger partial charge in [0.05, 0.1) is 22.9 Å². The number of aryl methyl sites for hydroxylation is 4. The van der Waals surface area contributed by atoms with E-state index in [1.165, 1.54) is 15.6 Å². The zero-order chi connectivity index (χ0) is 16.8. The Morgan fingerprint density at radius 2 is 2.00 bits per heavy atom. The Morgan fingerprint density at radius 3 is 2.57 bits per heavy atom. The summed E-state index contributed by atoms with van der Waals surface area (Å²) in [6.07, 6.45) is 1.89. The number of aromatic nitrogens is 2. The van der Waals surface area contributed by atoms with E-state index in [4.69, 9.17) is 4.42 Å². The monoisotopic (exact) mass is 335 g/mol. The van der Waals surface area contributed by atoms with Gasteiger partial charge in [0.15, 0.2) is 5.96 Å². The van der Waals surface area contributed by atoms with Crippen molar-refractivity contribution < 1.29 is 4.42 Å². The minimum absolute atomic E-state index is 0.519. The van der Waals surface area contributed by atoms with Crippen LogP contribution in [0.4, 0.5) is 0 Å². The predicted octanol–water partition coefficient (Wildman–Crippen LogP) is 2.53. The first kappa shape index (κ1) is 17.5. The number of guanidine groups is 1. The highest BCUT2D eigenvalue weighted by Gasteiger charge is 2.08. The standard InChI is InChI=1S/C16H25N5OS/c1-6-13-12(4)23-15(21-13)7-8-18-16(17-5)19-9-14-20-10(2)11(3)22-14/h6-9H2,1-5H3,(H2,17,18,19). The third-order valence-electron chi connectivity index (χ3n) is 3.61. The average molecular weight is 335 g/mol. The van der Waals surface area contributed by atoms with Gasteiger partial charge >= 0.3 is 0 Å². The number of oxazole rings is 1. The molecule has 2 N–H and O–H groups in total. The summed E-state index contributed by atoms with van der Waals surface area (Å²) in [5.74, 6) is 2.27. The molecule has 0 atom stereocenters. The number of nitrogens with zero attached hydrogens (tertiary/aromatic N) is 3. The summed E-state index contributed by atoms with van der Waals surface area (Å²) in [5.41, 5.74) is 2.14. The first-order valence-electron chi connectivity index (χ1n) is 7.86. The van der Waals surface area contributed by atoms with E-state index in [0.29, 0.717) is 12.4 Å². The van der Waals surface area contributed by atoms with Crippen LogP contribution in [0, 0.1) is 20.8 Å². The molecule has 0 aliphatic heterocycles. The second-order valence-corrected chi connectivity index (χ2v) is 6.60. The molecule has 0 fully saturated rings. The zero-order valence-corrected chi connectivity index (χ0v) is 15.3. The number of thiazole rings is 1. The summed E-state index contributed by atoms with van der Waals surface area (Å²) in [5, 5.41) is 7.67. The van der Waals surface area contributed by atoms with Crippen molar-refractivity contribution in [2.45, 2.75) is 47.1 Å². The highest BCUT2D eigenvalue weighted by atomic mass is 32.1. The van der Waals surface area contributed by atoms with Gasteiger partial charge in [0.1, 0.15) is 5.76 Å². The van der Waals surface area contributed by atoms with Crippen molar-refractivity contribution in [2.75, 3.05) is 13.6 Å². The molecule has 0 aromatic carbocycles. The maximum Gasteiger partial charge on any atom is 0.214 e. The minimum atomic E-state index is 0.519. The molecule has 0 saturated heterocycles. The molecule has 126 valence electrons. The summed E-state index contributed by atoms with van der Waals surface area (Å²) in [6, 6.07) is 0. The van der Waals surface area contributed by atoms with Crippen LogP contribution in [-0.2, 0) is 19.4 Å². The Balaban J connectivity index is 1.78. The molecule has 7 heteroatoms. The summed E-state index contributed by atoms with van der Waals surface area (Å²) < 4.78 is 5.55. The maximum absolute atomic E-state index is 5.55. The van der Waals surface area contributed by atoms with Gasteiger partial charge in [-0.25, -0.2) is 9.97 Å². The molecule has 0 aliphatic rings. The van der Waals surface area contributed by atoms with E-state index < -0.39 is 0 Å². The quantitative estimate of drug-likeness (QED) is 0.627. The van der Waals surface area contributed by atoms with Gasteiger partial charge in [0.25, 0.3) is 0 Å². The van der Waals surface area contributed by atoms with Crippen LogP contribution >= 0.6 is 11.3 Å². The fraction of sp³-hybridized carbons (Fsp3) is 0.562. The molecular weight excluding hydrogens is 310 g/mol. The van der Waals surface area contributed by atoms with Crippen molar-refractivity contribution in [1.29, 1.82) is 0 Å². The van der Waals surface area contributed by atoms with Gasteiger partial charge in [0, 0.05) is 24.9 Å². The Hall–Kier alpha value is -1.89. The molecule has 2 heterocycles. The lowest BCUT2D eigenvalue weighted by atomic mass is 10.3. The van der Waals surface area contributed by atoms with Crippen molar-refractivity contribution in [3.63, 3.8) is 0 Å². The van der Waals surface area contributed by atoms with Gasteiger partial charge in [-0.3, -0.25) is 4.99 Å². The molecule has 6 nitrogen and oxygen atoms in total. The van der Waals surface area contributed by atoms with Crippen molar-refractivity contribution in [1.82, 2.24) is 20.6 Å². The largest absolute Gasteiger partial charge is 0.444 e. The molecular formula is C16H25N5OS. The molecule has 2 rings (SSSR count). The van der Waals surface area contributed by atoms with Gasteiger partial charge < -0.3 is 15.1 Å². The minimum Gasteiger partial charge on any atom is -0.444 e. The van der Waals surface area contributed by atoms with E-state index >= 15 is 0 Å². The fourth-order valence-corrected chi connectivity index (χ4v) is 3.23. The Kier molecular flexibility index (Phi) is 6.15. The van der Waals surface area contributed by atoms with E-state index in [1.54, 1.807) is 18.4 Å². The van der Waals surface area contributed by atoms with E-state index in [2.05, 4.69) is 39.4 Å². The van der Waals surface area contributed by atoms with E-state index in [-0.39, 0.29) is 0 Å². The Morgan fingerprint density at radius 1 is 1.22 bits per heavy atom. The van der Waals surface area contributed by atoms with Crippen LogP contribution in [-0.4, -0.2) is 29.5 Å². The molecule has 0 bridgehead atoms. The van der Waals surface area contributed by atoms with Crippen LogP contribution in [0.15, 0.2) is 9.41 Å². The molecule has 0 aliphatic carbocycles. The van der Waals surface area contributed by atoms with E-state index in [0.717, 1.165) is 36.8 Å². The fourth-order valence-electron chi connectivity index (χ4n) is 2.21. The highest BCUT2D eigenvalue weighted by molar-refractivity contribution is 7.11. The molecule has 2 aromatic rings. The highest BCUT2D eigenvalue weighted by Crippen LogP contribution is 2.17. The summed E-state index contributed by atoms with van der Waals surface area (Å²) in [6.45, 7) is 9.44. The molecule has 0 amide bonds. The lowest BCUT2D eigenvalue weighted by molar-refractivity contribution is 0.464. The first-order chi connectivity index (χ1) is 11.0. The van der Waals surface area contributed by atoms with Crippen molar-refractivity contribution in [3.8, 4) is 0 Å². The Bertz CT molecular complexity index is 655. The van der Waals surface area contributed by atoms with Crippen molar-refractivity contribution in [3.05, 3.63) is 32.9 Å². The van der Waals surface area contributed by atoms with Crippen molar-refractivity contribution >= 4 is 17.3 Å². The lowest BCUT2D eigenvalue weighted by Gasteiger charge is -2.09. The average Bonchev–Trinajstić information content (AvgIpc) is 3.05. The molecule has 0 saturated carbocycles. The summed E-state index contributed by atoms with van der Waals surface area (Å²) >= 11 is 1.78. The van der Waals surface area contributed by atoms with Crippen LogP contribution in [0.2, 0.25) is 0 Å². The smallest absolute Gasteiger partial charge is 0.214 e. The number of hydrogen-bond donors (Lipinski definition) is 2. The molecule has 0 unspecified atom stereocenters. The van der Waals surface area contributed by atoms with Crippen LogP contribution in [0.3, 0.4) is 0 Å². The third kappa shape index (κ3) is 4.79. The number of nitrogens with one attached hydrogen (secondary N) is 2. The van der Waals surface area contributed by atoms with Gasteiger partial charge in [-0.15, -0.1) is 11.3 Å². The molecule has 23 heavy (non-hydrogen) atoms. The Labute approximate surface area is 141 Å². The number of aliphatic imine (C=N–C) groups is 1. The van der Waals surface area contributed by atoms with E-state index in [1.807, 2.05) is 13.8 Å². The van der Waals surface area contributed by atoms with Crippen LogP contribution in [0.5, 0.6) is 0 Å². The first-order valence-corrected chi connectivity index (χ1v) is 8.67. The predicted molar refractivity (Wildman–Crippen MR) is 94.1 cm³/mol. The van der Waals surface area contributed by atoms with Gasteiger partial charge in [0.2, 0.25) is 5.89 Å². The third-order valence-corrected chi connectivity index (χ3v) is 4.68. The topological polar surface area (TPSA) is 75.3 Å². The van der Waals surface area contributed by atoms with Crippen LogP contribution < -0.4 is 10.6 Å². The lowest BCUT2D eigenvalue weighted by Crippen LogP contribution is -2.37. The molecule has 0 radical (unpaired) electrons. The number of rotatable bonds is 6. The summed E-state index contributed by atoms with van der Waals surface area (Å²) in [7, 11) is 1.75. The SMILES string of the molecule is CCc1nc(CCNC(=NC)NCc2nc(C)c(C)o2)sc1C. The molecule has 2 aromatic heterocycles. The summed E-state index contributed by atoms with van der Waals surface area (Å²) in [4.78, 5) is 14.5. The zero-order valence-electron chi connectivity index (χ0n) is 14.5. The second-order valence-electron chi connectivity index (χ2n) is 5.32. The molecule has 0 spiro atoms. The van der Waals surface area contributed by atoms with Gasteiger partial charge in [-0.2, -0.15) is 0 Å². The maximum atomic E-state index is 5.55. The van der Waals surface area contributed by atoms with Crippen LogP contribution in [0.25, 0.3) is 0 Å². The second kappa shape index (κ2) is 8.10. The van der Waals surface area contributed by atoms with Crippen molar-refractivity contribution in [2.24, 2.45) is 4.99 Å². The van der Waals surface area contributed by atoms with Crippen LogP contribution in [0.1, 0.15) is 39.8 Å². The number of hydrogen-bond acceptors (Lipinski definition) is 5. The normalized spacial score (nSPS) is 11.8. The van der Waals surface area contributed by atoms with Gasteiger partial charge in [-0.1, -0.05) is 6.92 Å². The van der Waals surface area contributed by atoms with Gasteiger partial charge in [-0.05, 0) is 27.2 Å². The van der Waals surface area contributed by atoms with E-state index in [9.17, 15) is 0 Å².